The van der Waals surface area contributed by atoms with Crippen molar-refractivity contribution < 1.29 is 40.2 Å². The van der Waals surface area contributed by atoms with Gasteiger partial charge in [-0.3, -0.25) is 0 Å². The summed E-state index contributed by atoms with van der Waals surface area (Å²) >= 11 is 2.74. The van der Waals surface area contributed by atoms with Gasteiger partial charge in [0, 0.05) is 0 Å². The number of nitriles is 1. The van der Waals surface area contributed by atoms with Crippen molar-refractivity contribution in [1.82, 2.24) is 4.57 Å². The second-order valence-corrected chi connectivity index (χ2v) is 6.02. The highest BCUT2D eigenvalue weighted by Gasteiger charge is 2.41. The predicted molar refractivity (Wildman–Crippen MR) is 85.9 cm³/mol. The molecule has 0 saturated heterocycles. The van der Waals surface area contributed by atoms with Crippen molar-refractivity contribution in [3.8, 4) is 23.1 Å². The molecule has 0 amide bonds. The maximum Gasteiger partial charge on any atom is 0.573 e. The number of alkyl halides is 7. The fraction of sp³-hybridized carbons (Fsp3) is 0.312. The molecule has 12 heteroatoms. The van der Waals surface area contributed by atoms with Gasteiger partial charge in [-0.2, -0.15) is 18.4 Å². The molecular formula is C16H10BrF7N2O2. The first-order chi connectivity index (χ1) is 13.0. The van der Waals surface area contributed by atoms with Crippen molar-refractivity contribution in [3.63, 3.8) is 0 Å². The van der Waals surface area contributed by atoms with Crippen molar-refractivity contribution in [2.45, 2.75) is 19.3 Å². The summed E-state index contributed by atoms with van der Waals surface area (Å²) in [5.74, 6) is -0.586. The molecule has 4 nitrogen and oxygen atoms in total. The Morgan fingerprint density at radius 2 is 1.68 bits per heavy atom. The van der Waals surface area contributed by atoms with Gasteiger partial charge >= 0.3 is 12.5 Å². The molecule has 0 bridgehead atoms. The average molecular weight is 475 g/mol. The van der Waals surface area contributed by atoms with Gasteiger partial charge in [0.2, 0.25) is 0 Å². The third kappa shape index (κ3) is 4.96. The Morgan fingerprint density at radius 1 is 1.07 bits per heavy atom. The van der Waals surface area contributed by atoms with Crippen LogP contribution in [-0.2, 0) is 17.6 Å². The molecule has 0 unspecified atom stereocenters. The maximum atomic E-state index is 13.5. The van der Waals surface area contributed by atoms with Crippen LogP contribution in [0.5, 0.6) is 5.75 Å². The molecule has 0 spiro atoms. The van der Waals surface area contributed by atoms with E-state index >= 15 is 0 Å². The van der Waals surface area contributed by atoms with Crippen LogP contribution in [0.15, 0.2) is 28.7 Å². The van der Waals surface area contributed by atoms with Crippen LogP contribution >= 0.6 is 15.9 Å². The molecule has 1 aromatic carbocycles. The fourth-order valence-corrected chi connectivity index (χ4v) is 3.14. The van der Waals surface area contributed by atoms with Gasteiger partial charge in [-0.15, -0.1) is 13.2 Å². The minimum absolute atomic E-state index is 0.00567. The van der Waals surface area contributed by atoms with E-state index in [1.807, 2.05) is 0 Å². The normalized spacial score (nSPS) is 12.1. The zero-order chi connectivity index (χ0) is 21.1. The van der Waals surface area contributed by atoms with Crippen LogP contribution < -0.4 is 4.74 Å². The molecule has 2 rings (SSSR count). The van der Waals surface area contributed by atoms with Crippen molar-refractivity contribution in [1.29, 1.82) is 5.26 Å². The van der Waals surface area contributed by atoms with E-state index in [0.717, 1.165) is 24.3 Å². The molecule has 28 heavy (non-hydrogen) atoms. The Kier molecular flexibility index (Phi) is 6.61. The van der Waals surface area contributed by atoms with Crippen molar-refractivity contribution in [2.24, 2.45) is 0 Å². The summed E-state index contributed by atoms with van der Waals surface area (Å²) in [6, 6.07) is 5.55. The van der Waals surface area contributed by atoms with Crippen LogP contribution in [0.25, 0.3) is 11.3 Å². The SMILES string of the molecule is N#Cc1c(Br)c(C(F)(F)F)n(COCCF)c1-c1ccc(OC(F)(F)F)cc1. The smallest absolute Gasteiger partial charge is 0.406 e. The number of nitrogens with zero attached hydrogens (tertiary/aromatic N) is 2. The zero-order valence-electron chi connectivity index (χ0n) is 13.7. The molecule has 0 saturated carbocycles. The molecule has 0 N–H and O–H groups in total. The number of ether oxygens (including phenoxy) is 2. The summed E-state index contributed by atoms with van der Waals surface area (Å²) in [6.45, 7) is -2.14. The van der Waals surface area contributed by atoms with Gasteiger partial charge in [-0.25, -0.2) is 4.39 Å². The predicted octanol–water partition coefficient (Wildman–Crippen LogP) is 5.65. The van der Waals surface area contributed by atoms with Crippen molar-refractivity contribution >= 4 is 15.9 Å². The first kappa shape index (κ1) is 22.0. The van der Waals surface area contributed by atoms with Gasteiger partial charge in [0.05, 0.1) is 22.3 Å². The lowest BCUT2D eigenvalue weighted by atomic mass is 10.1. The summed E-state index contributed by atoms with van der Waals surface area (Å²) < 4.78 is 98.1. The lowest BCUT2D eigenvalue weighted by molar-refractivity contribution is -0.274. The molecule has 0 atom stereocenters. The van der Waals surface area contributed by atoms with Crippen molar-refractivity contribution in [2.75, 3.05) is 13.3 Å². The van der Waals surface area contributed by atoms with E-state index in [1.54, 1.807) is 6.07 Å². The molecule has 0 radical (unpaired) electrons. The molecule has 1 aromatic heterocycles. The van der Waals surface area contributed by atoms with Crippen molar-refractivity contribution in [3.05, 3.63) is 40.0 Å². The van der Waals surface area contributed by atoms with E-state index in [4.69, 9.17) is 4.74 Å². The van der Waals surface area contributed by atoms with Gasteiger partial charge < -0.3 is 14.0 Å². The summed E-state index contributed by atoms with van der Waals surface area (Å²) in [5, 5.41) is 9.31. The van der Waals surface area contributed by atoms with Crippen LogP contribution in [0.4, 0.5) is 30.7 Å². The van der Waals surface area contributed by atoms with Gasteiger partial charge in [0.15, 0.2) is 0 Å². The topological polar surface area (TPSA) is 47.2 Å². The van der Waals surface area contributed by atoms with Crippen LogP contribution in [0.2, 0.25) is 0 Å². The molecule has 152 valence electrons. The Morgan fingerprint density at radius 3 is 2.14 bits per heavy atom. The number of rotatable bonds is 6. The first-order valence-corrected chi connectivity index (χ1v) is 8.18. The Hall–Kier alpha value is -2.26. The van der Waals surface area contributed by atoms with E-state index in [9.17, 15) is 36.0 Å². The van der Waals surface area contributed by atoms with Crippen LogP contribution in [-0.4, -0.2) is 24.2 Å². The minimum Gasteiger partial charge on any atom is -0.406 e. The summed E-state index contributed by atoms with van der Waals surface area (Å²) in [5.41, 5.74) is -1.89. The van der Waals surface area contributed by atoms with E-state index in [1.165, 1.54) is 0 Å². The molecule has 0 aliphatic heterocycles. The monoisotopic (exact) mass is 474 g/mol. The second-order valence-electron chi connectivity index (χ2n) is 5.22. The number of benzene rings is 1. The highest BCUT2D eigenvalue weighted by Crippen LogP contribution is 2.43. The highest BCUT2D eigenvalue weighted by molar-refractivity contribution is 9.10. The van der Waals surface area contributed by atoms with Gasteiger partial charge in [-0.05, 0) is 45.8 Å². The van der Waals surface area contributed by atoms with Crippen LogP contribution in [0, 0.1) is 11.3 Å². The first-order valence-electron chi connectivity index (χ1n) is 7.38. The Balaban J connectivity index is 2.60. The van der Waals surface area contributed by atoms with Crippen LogP contribution in [0.3, 0.4) is 0 Å². The number of halogens is 8. The standard InChI is InChI=1S/C16H10BrF7N2O2/c17-12-11(7-25)13(9-1-3-10(4-2-9)28-16(22,23)24)26(8-27-6-5-18)14(12)15(19,20)21/h1-4H,5-6,8H2. The van der Waals surface area contributed by atoms with E-state index in [2.05, 4.69) is 20.7 Å². The summed E-state index contributed by atoms with van der Waals surface area (Å²) in [6.07, 6.45) is -9.83. The summed E-state index contributed by atoms with van der Waals surface area (Å²) in [7, 11) is 0. The average Bonchev–Trinajstić information content (AvgIpc) is 2.86. The minimum atomic E-state index is -4.94. The molecule has 0 aliphatic carbocycles. The highest BCUT2D eigenvalue weighted by atomic mass is 79.9. The quantitative estimate of drug-likeness (QED) is 0.401. The molecule has 0 fully saturated rings. The van der Waals surface area contributed by atoms with E-state index in [0.29, 0.717) is 4.57 Å². The van der Waals surface area contributed by atoms with Gasteiger partial charge in [0.1, 0.15) is 30.9 Å². The number of aromatic nitrogens is 1. The van der Waals surface area contributed by atoms with E-state index in [-0.39, 0.29) is 11.3 Å². The maximum absolute atomic E-state index is 13.5. The Bertz CT molecular complexity index is 868. The Labute approximate surface area is 162 Å². The fourth-order valence-electron chi connectivity index (χ4n) is 2.42. The lowest BCUT2D eigenvalue weighted by Crippen LogP contribution is -2.17. The summed E-state index contributed by atoms with van der Waals surface area (Å²) in [4.78, 5) is 0. The molecule has 1 heterocycles. The molecule has 2 aromatic rings. The zero-order valence-corrected chi connectivity index (χ0v) is 15.3. The number of hydrogen-bond acceptors (Lipinski definition) is 3. The largest absolute Gasteiger partial charge is 0.573 e. The lowest BCUT2D eigenvalue weighted by Gasteiger charge is -2.16. The third-order valence-electron chi connectivity index (χ3n) is 3.39. The van der Waals surface area contributed by atoms with Crippen LogP contribution in [0.1, 0.15) is 11.3 Å². The number of hydrogen-bond donors (Lipinski definition) is 0. The van der Waals surface area contributed by atoms with Gasteiger partial charge in [0.25, 0.3) is 0 Å². The van der Waals surface area contributed by atoms with E-state index < -0.39 is 54.0 Å². The third-order valence-corrected chi connectivity index (χ3v) is 4.16. The van der Waals surface area contributed by atoms with Gasteiger partial charge in [-0.1, -0.05) is 0 Å². The molecule has 0 aliphatic rings. The second kappa shape index (κ2) is 8.40. The molecular weight excluding hydrogens is 465 g/mol.